The van der Waals surface area contributed by atoms with Crippen LogP contribution in [0, 0.1) is 6.92 Å². The number of hydrogen-bond acceptors (Lipinski definition) is 3. The van der Waals surface area contributed by atoms with Crippen molar-refractivity contribution in [3.63, 3.8) is 0 Å². The summed E-state index contributed by atoms with van der Waals surface area (Å²) in [4.78, 5) is 9.40. The van der Waals surface area contributed by atoms with Crippen LogP contribution < -0.4 is 5.32 Å². The van der Waals surface area contributed by atoms with Crippen molar-refractivity contribution in [3.05, 3.63) is 40.1 Å². The summed E-state index contributed by atoms with van der Waals surface area (Å²) < 4.78 is 1.05. The van der Waals surface area contributed by atoms with Crippen LogP contribution in [0.4, 0.5) is 5.82 Å². The molecule has 0 aliphatic rings. The SMILES string of the molecule is CCNc1nc(C(C)C)nc(-c2ccccc2Br)c1C. The molecule has 0 fully saturated rings. The molecular weight excluding hydrogens is 314 g/mol. The first-order chi connectivity index (χ1) is 9.54. The Labute approximate surface area is 129 Å². The van der Waals surface area contributed by atoms with Crippen molar-refractivity contribution < 1.29 is 0 Å². The maximum Gasteiger partial charge on any atom is 0.133 e. The quantitative estimate of drug-likeness (QED) is 0.875. The molecule has 0 saturated carbocycles. The first kappa shape index (κ1) is 15.0. The van der Waals surface area contributed by atoms with Gasteiger partial charge in [-0.15, -0.1) is 0 Å². The Morgan fingerprint density at radius 3 is 2.50 bits per heavy atom. The van der Waals surface area contributed by atoms with E-state index in [9.17, 15) is 0 Å². The molecule has 0 atom stereocenters. The van der Waals surface area contributed by atoms with E-state index in [1.165, 1.54) is 0 Å². The van der Waals surface area contributed by atoms with Crippen molar-refractivity contribution in [1.29, 1.82) is 0 Å². The summed E-state index contributed by atoms with van der Waals surface area (Å²) in [5.74, 6) is 2.10. The van der Waals surface area contributed by atoms with Gasteiger partial charge in [-0.3, -0.25) is 0 Å². The third-order valence-electron chi connectivity index (χ3n) is 3.15. The van der Waals surface area contributed by atoms with E-state index in [2.05, 4.69) is 60.0 Å². The van der Waals surface area contributed by atoms with Crippen LogP contribution in [0.2, 0.25) is 0 Å². The van der Waals surface area contributed by atoms with Gasteiger partial charge in [0.1, 0.15) is 11.6 Å². The highest BCUT2D eigenvalue weighted by atomic mass is 79.9. The fourth-order valence-electron chi connectivity index (χ4n) is 2.05. The summed E-state index contributed by atoms with van der Waals surface area (Å²) >= 11 is 3.61. The van der Waals surface area contributed by atoms with Gasteiger partial charge in [-0.25, -0.2) is 9.97 Å². The summed E-state index contributed by atoms with van der Waals surface area (Å²) in [7, 11) is 0. The van der Waals surface area contributed by atoms with Crippen LogP contribution in [0.25, 0.3) is 11.3 Å². The average molecular weight is 334 g/mol. The monoisotopic (exact) mass is 333 g/mol. The Morgan fingerprint density at radius 2 is 1.90 bits per heavy atom. The first-order valence-electron chi connectivity index (χ1n) is 6.91. The lowest BCUT2D eigenvalue weighted by Crippen LogP contribution is -2.09. The Hall–Kier alpha value is -1.42. The summed E-state index contributed by atoms with van der Waals surface area (Å²) in [6.07, 6.45) is 0. The number of hydrogen-bond donors (Lipinski definition) is 1. The van der Waals surface area contributed by atoms with E-state index in [0.717, 1.165) is 39.5 Å². The van der Waals surface area contributed by atoms with Crippen LogP contribution in [-0.2, 0) is 0 Å². The molecule has 20 heavy (non-hydrogen) atoms. The Morgan fingerprint density at radius 1 is 1.20 bits per heavy atom. The second-order valence-corrected chi connectivity index (χ2v) is 5.92. The molecule has 0 amide bonds. The summed E-state index contributed by atoms with van der Waals surface area (Å²) in [5.41, 5.74) is 3.18. The van der Waals surface area contributed by atoms with Gasteiger partial charge < -0.3 is 5.32 Å². The molecule has 0 aliphatic heterocycles. The number of halogens is 1. The van der Waals surface area contributed by atoms with E-state index in [1.807, 2.05) is 18.2 Å². The molecule has 106 valence electrons. The van der Waals surface area contributed by atoms with Crippen LogP contribution in [0.5, 0.6) is 0 Å². The second kappa shape index (κ2) is 6.35. The highest BCUT2D eigenvalue weighted by Crippen LogP contribution is 2.32. The van der Waals surface area contributed by atoms with Gasteiger partial charge in [0.2, 0.25) is 0 Å². The largest absolute Gasteiger partial charge is 0.370 e. The Balaban J connectivity index is 2.65. The smallest absolute Gasteiger partial charge is 0.133 e. The molecule has 1 N–H and O–H groups in total. The maximum atomic E-state index is 4.76. The van der Waals surface area contributed by atoms with Crippen molar-refractivity contribution in [1.82, 2.24) is 9.97 Å². The van der Waals surface area contributed by atoms with E-state index in [-0.39, 0.29) is 0 Å². The molecule has 1 aromatic carbocycles. The van der Waals surface area contributed by atoms with Gasteiger partial charge in [0.25, 0.3) is 0 Å². The standard InChI is InChI=1S/C16H20BrN3/c1-5-18-16-11(4)14(19-15(20-16)10(2)3)12-8-6-7-9-13(12)17/h6-10H,5H2,1-4H3,(H,18,19,20). The predicted octanol–water partition coefficient (Wildman–Crippen LogP) is 4.77. The molecule has 0 unspecified atom stereocenters. The maximum absolute atomic E-state index is 4.76. The molecule has 1 heterocycles. The summed E-state index contributed by atoms with van der Waals surface area (Å²) in [6.45, 7) is 9.23. The van der Waals surface area contributed by atoms with Crippen molar-refractivity contribution >= 4 is 21.7 Å². The molecule has 2 rings (SSSR count). The third kappa shape index (κ3) is 3.01. The Kier molecular flexibility index (Phi) is 4.76. The number of benzene rings is 1. The minimum Gasteiger partial charge on any atom is -0.370 e. The fraction of sp³-hybridized carbons (Fsp3) is 0.375. The number of anilines is 1. The lowest BCUT2D eigenvalue weighted by molar-refractivity contribution is 0.774. The lowest BCUT2D eigenvalue weighted by Gasteiger charge is -2.15. The van der Waals surface area contributed by atoms with Crippen LogP contribution >= 0.6 is 15.9 Å². The van der Waals surface area contributed by atoms with Gasteiger partial charge in [0.15, 0.2) is 0 Å². The van der Waals surface area contributed by atoms with Gasteiger partial charge in [-0.05, 0) is 19.9 Å². The van der Waals surface area contributed by atoms with Crippen LogP contribution in [0.3, 0.4) is 0 Å². The zero-order valence-corrected chi connectivity index (χ0v) is 14.0. The van der Waals surface area contributed by atoms with E-state index >= 15 is 0 Å². The van der Waals surface area contributed by atoms with Crippen molar-refractivity contribution in [3.8, 4) is 11.3 Å². The number of aromatic nitrogens is 2. The summed E-state index contributed by atoms with van der Waals surface area (Å²) in [6, 6.07) is 8.17. The summed E-state index contributed by atoms with van der Waals surface area (Å²) in [5, 5.41) is 3.33. The van der Waals surface area contributed by atoms with Crippen LogP contribution in [-0.4, -0.2) is 16.5 Å². The van der Waals surface area contributed by atoms with Gasteiger partial charge in [0.05, 0.1) is 5.69 Å². The highest BCUT2D eigenvalue weighted by Gasteiger charge is 2.15. The van der Waals surface area contributed by atoms with E-state index < -0.39 is 0 Å². The zero-order valence-electron chi connectivity index (χ0n) is 12.4. The predicted molar refractivity (Wildman–Crippen MR) is 88.2 cm³/mol. The fourth-order valence-corrected chi connectivity index (χ4v) is 2.52. The normalized spacial score (nSPS) is 10.9. The molecule has 0 radical (unpaired) electrons. The lowest BCUT2D eigenvalue weighted by atomic mass is 10.1. The topological polar surface area (TPSA) is 37.8 Å². The minimum atomic E-state index is 0.300. The van der Waals surface area contributed by atoms with Gasteiger partial charge in [-0.2, -0.15) is 0 Å². The molecular formula is C16H20BrN3. The first-order valence-corrected chi connectivity index (χ1v) is 7.71. The molecule has 1 aromatic heterocycles. The number of nitrogens with one attached hydrogen (secondary N) is 1. The molecule has 0 aliphatic carbocycles. The second-order valence-electron chi connectivity index (χ2n) is 5.07. The van der Waals surface area contributed by atoms with Crippen molar-refractivity contribution in [2.45, 2.75) is 33.6 Å². The van der Waals surface area contributed by atoms with Crippen LogP contribution in [0.15, 0.2) is 28.7 Å². The van der Waals surface area contributed by atoms with Crippen molar-refractivity contribution in [2.24, 2.45) is 0 Å². The van der Waals surface area contributed by atoms with Gasteiger partial charge in [-0.1, -0.05) is 48.0 Å². The molecule has 4 heteroatoms. The van der Waals surface area contributed by atoms with E-state index in [0.29, 0.717) is 5.92 Å². The van der Waals surface area contributed by atoms with Crippen LogP contribution in [0.1, 0.15) is 38.1 Å². The Bertz CT molecular complexity index is 609. The van der Waals surface area contributed by atoms with Gasteiger partial charge in [0, 0.05) is 28.1 Å². The van der Waals surface area contributed by atoms with Crippen molar-refractivity contribution in [2.75, 3.05) is 11.9 Å². The highest BCUT2D eigenvalue weighted by molar-refractivity contribution is 9.10. The van der Waals surface area contributed by atoms with Gasteiger partial charge >= 0.3 is 0 Å². The number of nitrogens with zero attached hydrogens (tertiary/aromatic N) is 2. The molecule has 0 bridgehead atoms. The molecule has 2 aromatic rings. The zero-order chi connectivity index (χ0) is 14.7. The van der Waals surface area contributed by atoms with E-state index in [4.69, 9.17) is 4.98 Å². The molecule has 3 nitrogen and oxygen atoms in total. The molecule has 0 saturated heterocycles. The molecule has 0 spiro atoms. The average Bonchev–Trinajstić information content (AvgIpc) is 2.42. The number of rotatable bonds is 4. The van der Waals surface area contributed by atoms with E-state index in [1.54, 1.807) is 0 Å². The minimum absolute atomic E-state index is 0.300. The third-order valence-corrected chi connectivity index (χ3v) is 3.84.